The van der Waals surface area contributed by atoms with Crippen LogP contribution in [0.4, 0.5) is 0 Å². The summed E-state index contributed by atoms with van der Waals surface area (Å²) in [5, 5.41) is 4.04. The number of carbonyl (C=O) groups excluding carboxylic acids is 1. The first-order valence-corrected chi connectivity index (χ1v) is 9.27. The Morgan fingerprint density at radius 2 is 2.11 bits per heavy atom. The summed E-state index contributed by atoms with van der Waals surface area (Å²) in [6, 6.07) is 15.1. The monoisotopic (exact) mass is 391 g/mol. The minimum Gasteiger partial charge on any atom is -0.496 e. The Morgan fingerprint density at radius 1 is 1.25 bits per heavy atom. The molecule has 28 heavy (non-hydrogen) atoms. The number of para-hydroxylation sites is 1. The van der Waals surface area contributed by atoms with Crippen molar-refractivity contribution in [3.63, 3.8) is 0 Å². The van der Waals surface area contributed by atoms with Crippen LogP contribution in [0.15, 0.2) is 60.0 Å². The number of hydrazone groups is 1. The van der Waals surface area contributed by atoms with Crippen molar-refractivity contribution in [3.05, 3.63) is 65.3 Å². The Morgan fingerprint density at radius 3 is 2.96 bits per heavy atom. The lowest BCUT2D eigenvalue weighted by Crippen LogP contribution is -2.16. The minimum atomic E-state index is -0.311. The van der Waals surface area contributed by atoms with Crippen molar-refractivity contribution in [2.45, 2.75) is 0 Å². The summed E-state index contributed by atoms with van der Waals surface area (Å²) in [4.78, 5) is 17.1. The third-order valence-electron chi connectivity index (χ3n) is 4.25. The van der Waals surface area contributed by atoms with Crippen LogP contribution in [0.2, 0.25) is 0 Å². The smallest absolute Gasteiger partial charge is 0.283 e. The predicted molar refractivity (Wildman–Crippen MR) is 110 cm³/mol. The van der Waals surface area contributed by atoms with E-state index in [0.717, 1.165) is 33.7 Å². The van der Waals surface area contributed by atoms with Gasteiger partial charge in [-0.1, -0.05) is 18.2 Å². The highest BCUT2D eigenvalue weighted by Crippen LogP contribution is 2.30. The fourth-order valence-corrected chi connectivity index (χ4v) is 3.46. The Kier molecular flexibility index (Phi) is 4.86. The van der Waals surface area contributed by atoms with Crippen molar-refractivity contribution >= 4 is 34.7 Å². The van der Waals surface area contributed by atoms with Crippen molar-refractivity contribution in [1.29, 1.82) is 0 Å². The average molecular weight is 391 g/mol. The highest BCUT2D eigenvalue weighted by molar-refractivity contribution is 7.08. The highest BCUT2D eigenvalue weighted by Gasteiger charge is 2.13. The number of hydrogen-bond acceptors (Lipinski definition) is 6. The molecule has 7 nitrogen and oxygen atoms in total. The highest BCUT2D eigenvalue weighted by atomic mass is 32.1. The molecule has 0 bridgehead atoms. The molecule has 4 rings (SSSR count). The summed E-state index contributed by atoms with van der Waals surface area (Å²) in [6.07, 6.45) is 3.35. The van der Waals surface area contributed by atoms with Crippen LogP contribution in [0.5, 0.6) is 5.75 Å². The predicted octanol–water partition coefficient (Wildman–Crippen LogP) is 3.47. The summed E-state index contributed by atoms with van der Waals surface area (Å²) < 4.78 is 11.7. The molecule has 140 valence electrons. The molecule has 8 heteroatoms. The number of imidazole rings is 1. The Balaban J connectivity index is 1.46. The molecule has 2 aromatic heterocycles. The lowest BCUT2D eigenvalue weighted by Gasteiger charge is -2.04. The first kappa shape index (κ1) is 17.9. The second-order valence-electron chi connectivity index (χ2n) is 6.08. The lowest BCUT2D eigenvalue weighted by atomic mass is 10.1. The molecule has 0 saturated heterocycles. The molecule has 2 heterocycles. The summed E-state index contributed by atoms with van der Waals surface area (Å²) in [6.45, 7) is 0. The van der Waals surface area contributed by atoms with E-state index < -0.39 is 0 Å². The third kappa shape index (κ3) is 3.49. The molecule has 2 aromatic carbocycles. The average Bonchev–Trinajstić information content (AvgIpc) is 3.35. The zero-order chi connectivity index (χ0) is 19.5. The molecule has 0 spiro atoms. The van der Waals surface area contributed by atoms with Gasteiger partial charge in [0.25, 0.3) is 5.91 Å². The third-order valence-corrected chi connectivity index (χ3v) is 5.03. The molecule has 0 saturated carbocycles. The molecule has 0 aliphatic heterocycles. The van der Waals surface area contributed by atoms with E-state index in [1.807, 2.05) is 54.1 Å². The molecule has 0 fully saturated rings. The number of benzene rings is 2. The van der Waals surface area contributed by atoms with Crippen molar-refractivity contribution < 1.29 is 9.53 Å². The van der Waals surface area contributed by atoms with Gasteiger partial charge in [-0.2, -0.15) is 9.47 Å². The van der Waals surface area contributed by atoms with Gasteiger partial charge in [0, 0.05) is 12.6 Å². The number of methoxy groups -OCH3 is 1. The van der Waals surface area contributed by atoms with Crippen LogP contribution in [0.1, 0.15) is 15.2 Å². The maximum Gasteiger partial charge on any atom is 0.283 e. The number of nitrogens with zero attached hydrogens (tertiary/aromatic N) is 4. The molecule has 0 unspecified atom stereocenters. The van der Waals surface area contributed by atoms with E-state index in [-0.39, 0.29) is 5.91 Å². The van der Waals surface area contributed by atoms with Gasteiger partial charge in [-0.3, -0.25) is 4.79 Å². The van der Waals surface area contributed by atoms with E-state index >= 15 is 0 Å². The van der Waals surface area contributed by atoms with E-state index in [1.54, 1.807) is 25.7 Å². The van der Waals surface area contributed by atoms with Crippen LogP contribution in [0.25, 0.3) is 22.3 Å². The van der Waals surface area contributed by atoms with Gasteiger partial charge in [-0.05, 0) is 47.4 Å². The van der Waals surface area contributed by atoms with Gasteiger partial charge in [0.05, 0.1) is 36.4 Å². The summed E-state index contributed by atoms with van der Waals surface area (Å²) in [7, 11) is 3.55. The second-order valence-corrected chi connectivity index (χ2v) is 6.88. The maximum atomic E-state index is 12.3. The van der Waals surface area contributed by atoms with Gasteiger partial charge in [-0.15, -0.1) is 0 Å². The van der Waals surface area contributed by atoms with E-state index in [2.05, 4.69) is 19.9 Å². The molecular weight excluding hydrogens is 374 g/mol. The number of aromatic nitrogens is 3. The SMILES string of the molecule is COc1ccccc1-c1cc(C(=O)N/N=C/c2ccc3c(c2)ncn3C)sn1. The number of nitrogens with one attached hydrogen (secondary N) is 1. The summed E-state index contributed by atoms with van der Waals surface area (Å²) in [5.74, 6) is 0.400. The zero-order valence-corrected chi connectivity index (χ0v) is 16.1. The molecular formula is C20H17N5O2S. The van der Waals surface area contributed by atoms with E-state index in [1.165, 1.54) is 0 Å². The molecule has 1 N–H and O–H groups in total. The van der Waals surface area contributed by atoms with Gasteiger partial charge < -0.3 is 9.30 Å². The molecule has 1 amide bonds. The molecule has 0 atom stereocenters. The number of rotatable bonds is 5. The van der Waals surface area contributed by atoms with Crippen molar-refractivity contribution in [2.24, 2.45) is 12.1 Å². The summed E-state index contributed by atoms with van der Waals surface area (Å²) >= 11 is 1.12. The number of ether oxygens (including phenoxy) is 1. The zero-order valence-electron chi connectivity index (χ0n) is 15.3. The quantitative estimate of drug-likeness (QED) is 0.417. The first-order chi connectivity index (χ1) is 13.7. The van der Waals surface area contributed by atoms with E-state index in [0.29, 0.717) is 16.3 Å². The van der Waals surface area contributed by atoms with Crippen LogP contribution >= 0.6 is 11.5 Å². The van der Waals surface area contributed by atoms with Gasteiger partial charge >= 0.3 is 0 Å². The fourth-order valence-electron chi connectivity index (χ4n) is 2.82. The van der Waals surface area contributed by atoms with Crippen molar-refractivity contribution in [3.8, 4) is 17.0 Å². The van der Waals surface area contributed by atoms with Gasteiger partial charge in [-0.25, -0.2) is 10.4 Å². The molecule has 0 aliphatic carbocycles. The lowest BCUT2D eigenvalue weighted by molar-refractivity contribution is 0.0959. The van der Waals surface area contributed by atoms with Crippen LogP contribution in [-0.4, -0.2) is 33.2 Å². The Hall–Kier alpha value is -3.52. The summed E-state index contributed by atoms with van der Waals surface area (Å²) in [5.41, 5.74) is 6.84. The van der Waals surface area contributed by atoms with Crippen LogP contribution < -0.4 is 10.2 Å². The number of aryl methyl sites for hydroxylation is 1. The van der Waals surface area contributed by atoms with E-state index in [4.69, 9.17) is 4.74 Å². The standard InChI is InChI=1S/C20H17N5O2S/c1-25-12-21-16-9-13(7-8-17(16)25)11-22-23-20(26)19-10-15(24-28-19)14-5-3-4-6-18(14)27-2/h3-12H,1-2H3,(H,23,26)/b22-11+. The van der Waals surface area contributed by atoms with Gasteiger partial charge in [0.15, 0.2) is 0 Å². The number of amides is 1. The van der Waals surface area contributed by atoms with Crippen molar-refractivity contribution in [2.75, 3.05) is 7.11 Å². The van der Waals surface area contributed by atoms with Crippen LogP contribution in [-0.2, 0) is 7.05 Å². The fraction of sp³-hybridized carbons (Fsp3) is 0.100. The largest absolute Gasteiger partial charge is 0.496 e. The van der Waals surface area contributed by atoms with Crippen LogP contribution in [0.3, 0.4) is 0 Å². The maximum absolute atomic E-state index is 12.3. The Labute approximate surface area is 165 Å². The minimum absolute atomic E-state index is 0.311. The van der Waals surface area contributed by atoms with E-state index in [9.17, 15) is 4.79 Å². The number of fused-ring (bicyclic) bond motifs is 1. The van der Waals surface area contributed by atoms with Crippen LogP contribution in [0, 0.1) is 0 Å². The normalized spacial score (nSPS) is 11.2. The topological polar surface area (TPSA) is 81.4 Å². The second kappa shape index (κ2) is 7.61. The number of hydrogen-bond donors (Lipinski definition) is 1. The van der Waals surface area contributed by atoms with Gasteiger partial charge in [0.1, 0.15) is 10.6 Å². The van der Waals surface area contributed by atoms with Gasteiger partial charge in [0.2, 0.25) is 0 Å². The molecule has 4 aromatic rings. The number of carbonyl (C=O) groups is 1. The molecule has 0 radical (unpaired) electrons. The van der Waals surface area contributed by atoms with Crippen molar-refractivity contribution in [1.82, 2.24) is 19.4 Å². The molecule has 0 aliphatic rings. The first-order valence-electron chi connectivity index (χ1n) is 8.50. The Bertz CT molecular complexity index is 1180.